The summed E-state index contributed by atoms with van der Waals surface area (Å²) in [6.07, 6.45) is 0.473. The molecule has 0 saturated carbocycles. The smallest absolute Gasteiger partial charge is 0.252 e. The van der Waals surface area contributed by atoms with E-state index in [1.54, 1.807) is 36.4 Å². The number of nitrogens with zero attached hydrogens (tertiary/aromatic N) is 1. The summed E-state index contributed by atoms with van der Waals surface area (Å²) in [4.78, 5) is 18.4. The average Bonchev–Trinajstić information content (AvgIpc) is 2.81. The maximum atomic E-state index is 13.4. The standard InChI is InChI=1S/C25H23ClN2O2/c1-15-5-4-6-16(2)21(15)14-25(3)24(30)27-22-12-9-18(26)13-20(22)23(28-25)17-7-10-19(29)11-8-17/h4-13,29H,14H2,1-3H3,(H,27,30). The number of aryl methyl sites for hydroxylation is 2. The van der Waals surface area contributed by atoms with Gasteiger partial charge in [-0.25, -0.2) is 0 Å². The molecule has 4 nitrogen and oxygen atoms in total. The van der Waals surface area contributed by atoms with Crippen molar-refractivity contribution < 1.29 is 9.90 Å². The van der Waals surface area contributed by atoms with E-state index < -0.39 is 5.54 Å². The number of hydrogen-bond acceptors (Lipinski definition) is 3. The number of nitrogens with one attached hydrogen (secondary N) is 1. The number of fused-ring (bicyclic) bond motifs is 1. The fourth-order valence-electron chi connectivity index (χ4n) is 3.87. The number of anilines is 1. The molecular weight excluding hydrogens is 396 g/mol. The Hall–Kier alpha value is -3.11. The van der Waals surface area contributed by atoms with Crippen LogP contribution in [0.2, 0.25) is 5.02 Å². The minimum atomic E-state index is -1.02. The van der Waals surface area contributed by atoms with Crippen LogP contribution in [-0.4, -0.2) is 22.3 Å². The second-order valence-corrected chi connectivity index (χ2v) is 8.41. The van der Waals surface area contributed by atoms with Crippen LogP contribution in [0.25, 0.3) is 0 Å². The maximum absolute atomic E-state index is 13.4. The molecule has 1 aliphatic rings. The number of hydrogen-bond donors (Lipinski definition) is 2. The number of aromatic hydroxyl groups is 1. The first-order chi connectivity index (χ1) is 14.3. The molecule has 3 aromatic rings. The summed E-state index contributed by atoms with van der Waals surface area (Å²) in [6.45, 7) is 5.97. The minimum Gasteiger partial charge on any atom is -0.508 e. The molecule has 2 N–H and O–H groups in total. The van der Waals surface area contributed by atoms with Crippen molar-refractivity contribution in [2.45, 2.75) is 32.7 Å². The quantitative estimate of drug-likeness (QED) is 0.593. The molecule has 1 aliphatic heterocycles. The molecule has 1 unspecified atom stereocenters. The van der Waals surface area contributed by atoms with Crippen LogP contribution in [0.15, 0.2) is 65.7 Å². The van der Waals surface area contributed by atoms with Crippen molar-refractivity contribution in [2.24, 2.45) is 4.99 Å². The molecule has 30 heavy (non-hydrogen) atoms. The fraction of sp³-hybridized carbons (Fsp3) is 0.200. The van der Waals surface area contributed by atoms with Crippen LogP contribution in [0.3, 0.4) is 0 Å². The number of halogens is 1. The summed E-state index contributed by atoms with van der Waals surface area (Å²) in [5.74, 6) is 0.00860. The summed E-state index contributed by atoms with van der Waals surface area (Å²) in [5.41, 5.74) is 5.27. The lowest BCUT2D eigenvalue weighted by Crippen LogP contribution is -2.40. The SMILES string of the molecule is Cc1cccc(C)c1CC1(C)N=C(c2ccc(O)cc2)c2cc(Cl)ccc2NC1=O. The Labute approximate surface area is 181 Å². The van der Waals surface area contributed by atoms with Gasteiger partial charge in [-0.05, 0) is 79.9 Å². The van der Waals surface area contributed by atoms with Gasteiger partial charge in [0.15, 0.2) is 0 Å². The molecule has 5 heteroatoms. The summed E-state index contributed by atoms with van der Waals surface area (Å²) in [5, 5.41) is 13.3. The van der Waals surface area contributed by atoms with Crippen molar-refractivity contribution >= 4 is 28.9 Å². The molecule has 0 radical (unpaired) electrons. The van der Waals surface area contributed by atoms with Gasteiger partial charge in [-0.2, -0.15) is 0 Å². The zero-order valence-electron chi connectivity index (χ0n) is 17.2. The van der Waals surface area contributed by atoms with Crippen LogP contribution in [0.5, 0.6) is 5.75 Å². The highest BCUT2D eigenvalue weighted by atomic mass is 35.5. The Bertz CT molecular complexity index is 1150. The molecule has 0 fully saturated rings. The highest BCUT2D eigenvalue weighted by Gasteiger charge is 2.37. The minimum absolute atomic E-state index is 0.164. The van der Waals surface area contributed by atoms with E-state index in [4.69, 9.17) is 16.6 Å². The Kier molecular flexibility index (Phi) is 5.12. The zero-order valence-corrected chi connectivity index (χ0v) is 17.9. The van der Waals surface area contributed by atoms with Crippen LogP contribution < -0.4 is 5.32 Å². The summed E-state index contributed by atoms with van der Waals surface area (Å²) >= 11 is 6.28. The number of phenols is 1. The number of amides is 1. The summed E-state index contributed by atoms with van der Waals surface area (Å²) in [7, 11) is 0. The number of carbonyl (C=O) groups is 1. The van der Waals surface area contributed by atoms with Gasteiger partial charge in [0.2, 0.25) is 0 Å². The number of benzene rings is 3. The number of benzodiazepines with no additional fused rings is 1. The molecule has 0 aliphatic carbocycles. The van der Waals surface area contributed by atoms with Gasteiger partial charge >= 0.3 is 0 Å². The molecule has 3 aromatic carbocycles. The van der Waals surface area contributed by atoms with Crippen molar-refractivity contribution in [1.29, 1.82) is 0 Å². The normalized spacial score (nSPS) is 18.3. The first-order valence-electron chi connectivity index (χ1n) is 9.82. The topological polar surface area (TPSA) is 61.7 Å². The molecule has 1 atom stereocenters. The molecule has 0 bridgehead atoms. The van der Waals surface area contributed by atoms with Crippen molar-refractivity contribution in [3.05, 3.63) is 93.5 Å². The Morgan fingerprint density at radius 1 is 1.03 bits per heavy atom. The van der Waals surface area contributed by atoms with Gasteiger partial charge in [-0.15, -0.1) is 0 Å². The van der Waals surface area contributed by atoms with E-state index in [0.29, 0.717) is 22.8 Å². The monoisotopic (exact) mass is 418 g/mol. The van der Waals surface area contributed by atoms with E-state index in [1.807, 2.05) is 19.1 Å². The largest absolute Gasteiger partial charge is 0.508 e. The molecule has 0 aromatic heterocycles. The van der Waals surface area contributed by atoms with E-state index in [-0.39, 0.29) is 11.7 Å². The Morgan fingerprint density at radius 2 is 1.70 bits per heavy atom. The maximum Gasteiger partial charge on any atom is 0.252 e. The van der Waals surface area contributed by atoms with Crippen molar-refractivity contribution in [2.75, 3.05) is 5.32 Å². The second kappa shape index (κ2) is 7.62. The van der Waals surface area contributed by atoms with Gasteiger partial charge in [-0.1, -0.05) is 29.8 Å². The van der Waals surface area contributed by atoms with Crippen LogP contribution in [0, 0.1) is 13.8 Å². The van der Waals surface area contributed by atoms with Crippen LogP contribution in [-0.2, 0) is 11.2 Å². The fourth-order valence-corrected chi connectivity index (χ4v) is 4.04. The Balaban J connectivity index is 1.91. The predicted octanol–water partition coefficient (Wildman–Crippen LogP) is 5.45. The van der Waals surface area contributed by atoms with Gasteiger partial charge < -0.3 is 10.4 Å². The van der Waals surface area contributed by atoms with Crippen molar-refractivity contribution in [3.8, 4) is 5.75 Å². The van der Waals surface area contributed by atoms with Gasteiger partial charge in [-0.3, -0.25) is 9.79 Å². The van der Waals surface area contributed by atoms with Crippen LogP contribution in [0.1, 0.15) is 34.7 Å². The highest BCUT2D eigenvalue weighted by molar-refractivity contribution is 6.32. The summed E-state index contributed by atoms with van der Waals surface area (Å²) < 4.78 is 0. The first kappa shape index (κ1) is 20.2. The predicted molar refractivity (Wildman–Crippen MR) is 122 cm³/mol. The third-order valence-corrected chi connectivity index (χ3v) is 5.87. The number of rotatable bonds is 3. The molecule has 1 amide bonds. The Morgan fingerprint density at radius 3 is 2.37 bits per heavy atom. The average molecular weight is 419 g/mol. The summed E-state index contributed by atoms with van der Waals surface area (Å²) in [6, 6.07) is 18.3. The molecule has 0 saturated heterocycles. The number of carbonyl (C=O) groups excluding carboxylic acids is 1. The van der Waals surface area contributed by atoms with E-state index >= 15 is 0 Å². The molecule has 1 heterocycles. The third-order valence-electron chi connectivity index (χ3n) is 5.64. The van der Waals surface area contributed by atoms with Gasteiger partial charge in [0.1, 0.15) is 11.3 Å². The lowest BCUT2D eigenvalue weighted by Gasteiger charge is -2.25. The molecular formula is C25H23ClN2O2. The van der Waals surface area contributed by atoms with Crippen molar-refractivity contribution in [3.63, 3.8) is 0 Å². The van der Waals surface area contributed by atoms with Crippen LogP contribution in [0.4, 0.5) is 5.69 Å². The van der Waals surface area contributed by atoms with Crippen LogP contribution >= 0.6 is 11.6 Å². The van der Waals surface area contributed by atoms with Gasteiger partial charge in [0.05, 0.1) is 11.4 Å². The van der Waals surface area contributed by atoms with E-state index in [9.17, 15) is 9.90 Å². The molecule has 0 spiro atoms. The second-order valence-electron chi connectivity index (χ2n) is 7.97. The highest BCUT2D eigenvalue weighted by Crippen LogP contribution is 2.33. The molecule has 152 valence electrons. The number of aliphatic imine (C=N–C) groups is 1. The van der Waals surface area contributed by atoms with E-state index in [2.05, 4.69) is 31.3 Å². The first-order valence-corrected chi connectivity index (χ1v) is 10.2. The third kappa shape index (κ3) is 3.71. The van der Waals surface area contributed by atoms with E-state index in [0.717, 1.165) is 27.8 Å². The van der Waals surface area contributed by atoms with Crippen molar-refractivity contribution in [1.82, 2.24) is 0 Å². The number of phenolic OH excluding ortho intramolecular Hbond substituents is 1. The van der Waals surface area contributed by atoms with E-state index in [1.165, 1.54) is 0 Å². The molecule has 4 rings (SSSR count). The zero-order chi connectivity index (χ0) is 21.5. The van der Waals surface area contributed by atoms with Gasteiger partial charge in [0.25, 0.3) is 5.91 Å². The van der Waals surface area contributed by atoms with Gasteiger partial charge in [0, 0.05) is 22.6 Å². The lowest BCUT2D eigenvalue weighted by atomic mass is 9.87. The lowest BCUT2D eigenvalue weighted by molar-refractivity contribution is -0.120.